The van der Waals surface area contributed by atoms with Crippen LogP contribution < -0.4 is 5.32 Å². The normalized spacial score (nSPS) is 18.3. The number of carbonyl (C=O) groups excluding carboxylic acids is 2. The van der Waals surface area contributed by atoms with E-state index in [1.807, 2.05) is 6.07 Å². The van der Waals surface area contributed by atoms with Crippen LogP contribution in [0.4, 0.5) is 5.82 Å². The Bertz CT molecular complexity index is 497. The number of likely N-dealkylation sites (tertiary alicyclic amines) is 1. The summed E-state index contributed by atoms with van der Waals surface area (Å²) in [6.07, 6.45) is 1.95. The summed E-state index contributed by atoms with van der Waals surface area (Å²) in [5, 5.41) is 2.96. The molecule has 2 amide bonds. The molecule has 0 unspecified atom stereocenters. The summed E-state index contributed by atoms with van der Waals surface area (Å²) in [6.45, 7) is 3.88. The monoisotopic (exact) mass is 247 g/mol. The number of hydrogen-bond donors (Lipinski definition) is 1. The third-order valence-corrected chi connectivity index (χ3v) is 3.17. The number of amides is 2. The van der Waals surface area contributed by atoms with E-state index in [4.69, 9.17) is 0 Å². The molecule has 1 aliphatic heterocycles. The molecule has 0 bridgehead atoms. The van der Waals surface area contributed by atoms with Gasteiger partial charge in [-0.05, 0) is 6.07 Å². The van der Waals surface area contributed by atoms with Crippen LogP contribution >= 0.6 is 0 Å². The van der Waals surface area contributed by atoms with E-state index in [0.29, 0.717) is 5.82 Å². The van der Waals surface area contributed by atoms with Gasteiger partial charge in [0.25, 0.3) is 0 Å². The Morgan fingerprint density at radius 2 is 2.17 bits per heavy atom. The van der Waals surface area contributed by atoms with Crippen LogP contribution in [-0.4, -0.2) is 28.7 Å². The Balaban J connectivity index is 2.24. The molecule has 2 heterocycles. The number of pyridine rings is 1. The van der Waals surface area contributed by atoms with Gasteiger partial charge in [0.1, 0.15) is 5.82 Å². The second-order valence-corrected chi connectivity index (χ2v) is 5.11. The molecule has 1 aromatic rings. The summed E-state index contributed by atoms with van der Waals surface area (Å²) in [5.74, 6) is 0.470. The van der Waals surface area contributed by atoms with Gasteiger partial charge in [-0.25, -0.2) is 4.98 Å². The van der Waals surface area contributed by atoms with Crippen molar-refractivity contribution < 1.29 is 9.59 Å². The van der Waals surface area contributed by atoms with Crippen molar-refractivity contribution in [3.63, 3.8) is 0 Å². The third kappa shape index (κ3) is 2.08. The minimum Gasteiger partial charge on any atom is -0.373 e. The molecule has 0 saturated carbocycles. The standard InChI is InChI=1S/C13H17N3O2/c1-13(2)7-10(17)16(12(13)18)8-9-5-4-6-15-11(9)14-3/h4-6H,7-8H2,1-3H3,(H,14,15). The maximum Gasteiger partial charge on any atom is 0.235 e. The Morgan fingerprint density at radius 1 is 1.44 bits per heavy atom. The molecule has 1 N–H and O–H groups in total. The predicted octanol–water partition coefficient (Wildman–Crippen LogP) is 1.41. The molecule has 96 valence electrons. The van der Waals surface area contributed by atoms with Gasteiger partial charge in [0.15, 0.2) is 0 Å². The van der Waals surface area contributed by atoms with Crippen LogP contribution in [0, 0.1) is 5.41 Å². The maximum absolute atomic E-state index is 12.1. The number of carbonyl (C=O) groups is 2. The van der Waals surface area contributed by atoms with Gasteiger partial charge in [-0.1, -0.05) is 19.9 Å². The fraction of sp³-hybridized carbons (Fsp3) is 0.462. The summed E-state index contributed by atoms with van der Waals surface area (Å²) >= 11 is 0. The fourth-order valence-electron chi connectivity index (χ4n) is 2.15. The van der Waals surface area contributed by atoms with E-state index in [2.05, 4.69) is 10.3 Å². The van der Waals surface area contributed by atoms with Gasteiger partial charge in [0.2, 0.25) is 11.8 Å². The van der Waals surface area contributed by atoms with E-state index >= 15 is 0 Å². The zero-order valence-corrected chi connectivity index (χ0v) is 10.9. The molecule has 5 nitrogen and oxygen atoms in total. The molecule has 1 saturated heterocycles. The summed E-state index contributed by atoms with van der Waals surface area (Å²) in [6, 6.07) is 3.66. The number of anilines is 1. The Morgan fingerprint density at radius 3 is 2.72 bits per heavy atom. The van der Waals surface area contributed by atoms with Gasteiger partial charge in [0, 0.05) is 25.2 Å². The highest BCUT2D eigenvalue weighted by Gasteiger charge is 2.44. The molecule has 1 aliphatic rings. The predicted molar refractivity (Wildman–Crippen MR) is 67.7 cm³/mol. The first kappa shape index (κ1) is 12.5. The lowest BCUT2D eigenvalue weighted by Gasteiger charge is -2.18. The van der Waals surface area contributed by atoms with E-state index in [0.717, 1.165) is 5.56 Å². The molecule has 5 heteroatoms. The van der Waals surface area contributed by atoms with Crippen LogP contribution in [0.5, 0.6) is 0 Å². The first-order valence-electron chi connectivity index (χ1n) is 5.92. The van der Waals surface area contributed by atoms with Crippen molar-refractivity contribution >= 4 is 17.6 Å². The van der Waals surface area contributed by atoms with Crippen LogP contribution in [0.15, 0.2) is 18.3 Å². The summed E-state index contributed by atoms with van der Waals surface area (Å²) in [7, 11) is 1.77. The molecular formula is C13H17N3O2. The number of rotatable bonds is 3. The molecular weight excluding hydrogens is 230 g/mol. The van der Waals surface area contributed by atoms with E-state index < -0.39 is 5.41 Å². The van der Waals surface area contributed by atoms with E-state index in [9.17, 15) is 9.59 Å². The molecule has 1 aromatic heterocycles. The fourth-order valence-corrected chi connectivity index (χ4v) is 2.15. The van der Waals surface area contributed by atoms with E-state index in [1.54, 1.807) is 33.2 Å². The highest BCUT2D eigenvalue weighted by Crippen LogP contribution is 2.33. The highest BCUT2D eigenvalue weighted by molar-refractivity contribution is 6.05. The van der Waals surface area contributed by atoms with Crippen molar-refractivity contribution in [1.82, 2.24) is 9.88 Å². The van der Waals surface area contributed by atoms with Crippen molar-refractivity contribution in [1.29, 1.82) is 0 Å². The topological polar surface area (TPSA) is 62.3 Å². The lowest BCUT2D eigenvalue weighted by Crippen LogP contribution is -2.32. The highest BCUT2D eigenvalue weighted by atomic mass is 16.2. The van der Waals surface area contributed by atoms with Crippen molar-refractivity contribution in [3.05, 3.63) is 23.9 Å². The molecule has 18 heavy (non-hydrogen) atoms. The first-order valence-corrected chi connectivity index (χ1v) is 5.92. The SMILES string of the molecule is CNc1ncccc1CN1C(=O)CC(C)(C)C1=O. The number of nitrogens with zero attached hydrogens (tertiary/aromatic N) is 2. The number of imide groups is 1. The molecule has 1 fully saturated rings. The van der Waals surface area contributed by atoms with Gasteiger partial charge in [-0.2, -0.15) is 0 Å². The Kier molecular flexibility index (Phi) is 3.07. The van der Waals surface area contributed by atoms with Crippen LogP contribution in [0.25, 0.3) is 0 Å². The van der Waals surface area contributed by atoms with Crippen LogP contribution in [0.1, 0.15) is 25.8 Å². The van der Waals surface area contributed by atoms with Crippen molar-refractivity contribution in [3.8, 4) is 0 Å². The minimum atomic E-state index is -0.584. The van der Waals surface area contributed by atoms with Gasteiger partial charge in [-0.3, -0.25) is 14.5 Å². The number of hydrogen-bond acceptors (Lipinski definition) is 4. The average molecular weight is 247 g/mol. The Hall–Kier alpha value is -1.91. The second-order valence-electron chi connectivity index (χ2n) is 5.11. The van der Waals surface area contributed by atoms with Crippen molar-refractivity contribution in [2.45, 2.75) is 26.8 Å². The smallest absolute Gasteiger partial charge is 0.235 e. The summed E-state index contributed by atoms with van der Waals surface area (Å²) < 4.78 is 0. The van der Waals surface area contributed by atoms with E-state index in [-0.39, 0.29) is 24.8 Å². The maximum atomic E-state index is 12.1. The largest absolute Gasteiger partial charge is 0.373 e. The van der Waals surface area contributed by atoms with Gasteiger partial charge >= 0.3 is 0 Å². The van der Waals surface area contributed by atoms with Crippen molar-refractivity contribution in [2.24, 2.45) is 5.41 Å². The van der Waals surface area contributed by atoms with Gasteiger partial charge in [-0.15, -0.1) is 0 Å². The molecule has 0 atom stereocenters. The quantitative estimate of drug-likeness (QED) is 0.820. The Labute approximate surface area is 106 Å². The molecule has 0 radical (unpaired) electrons. The zero-order valence-electron chi connectivity index (χ0n) is 10.9. The average Bonchev–Trinajstić information content (AvgIpc) is 2.52. The van der Waals surface area contributed by atoms with Gasteiger partial charge in [0.05, 0.1) is 12.0 Å². The summed E-state index contributed by atoms with van der Waals surface area (Å²) in [5.41, 5.74) is 0.262. The first-order chi connectivity index (χ1) is 8.45. The van der Waals surface area contributed by atoms with Gasteiger partial charge < -0.3 is 5.32 Å². The molecule has 0 aliphatic carbocycles. The molecule has 0 spiro atoms. The van der Waals surface area contributed by atoms with Crippen LogP contribution in [0.3, 0.4) is 0 Å². The van der Waals surface area contributed by atoms with E-state index in [1.165, 1.54) is 4.90 Å². The van der Waals surface area contributed by atoms with Crippen molar-refractivity contribution in [2.75, 3.05) is 12.4 Å². The molecule has 0 aromatic carbocycles. The lowest BCUT2D eigenvalue weighted by atomic mass is 9.92. The lowest BCUT2D eigenvalue weighted by molar-refractivity contribution is -0.141. The summed E-state index contributed by atoms with van der Waals surface area (Å²) in [4.78, 5) is 29.5. The van der Waals surface area contributed by atoms with Crippen LogP contribution in [0.2, 0.25) is 0 Å². The molecule has 2 rings (SSSR count). The number of aromatic nitrogens is 1. The van der Waals surface area contributed by atoms with Crippen LogP contribution in [-0.2, 0) is 16.1 Å². The third-order valence-electron chi connectivity index (χ3n) is 3.17. The number of nitrogens with one attached hydrogen (secondary N) is 1. The second kappa shape index (κ2) is 4.40. The minimum absolute atomic E-state index is 0.113. The zero-order chi connectivity index (χ0) is 13.3.